The molecule has 5 aromatic rings. The number of anilines is 4. The molecule has 0 radical (unpaired) electrons. The van der Waals surface area contributed by atoms with E-state index in [1.54, 1.807) is 0 Å². The highest BCUT2D eigenvalue weighted by Crippen LogP contribution is 2.35. The molecule has 0 atom stereocenters. The number of hydrazone groups is 1. The average molecular weight is 509 g/mol. The van der Waals surface area contributed by atoms with Crippen molar-refractivity contribution in [3.8, 4) is 0 Å². The van der Waals surface area contributed by atoms with Crippen molar-refractivity contribution in [1.29, 1.82) is 0 Å². The van der Waals surface area contributed by atoms with Crippen LogP contribution < -0.4 is 9.91 Å². The van der Waals surface area contributed by atoms with Crippen molar-refractivity contribution in [1.82, 2.24) is 0 Å². The van der Waals surface area contributed by atoms with Gasteiger partial charge in [0.25, 0.3) is 6.67 Å². The summed E-state index contributed by atoms with van der Waals surface area (Å²) >= 11 is 0. The molecule has 0 saturated carbocycles. The van der Waals surface area contributed by atoms with Crippen LogP contribution in [0.3, 0.4) is 0 Å². The van der Waals surface area contributed by atoms with Crippen molar-refractivity contribution in [3.63, 3.8) is 0 Å². The Balaban J connectivity index is 1.39. The number of para-hydroxylation sites is 2. The summed E-state index contributed by atoms with van der Waals surface area (Å²) in [6.07, 6.45) is 0. The number of aryl methyl sites for hydroxylation is 2. The van der Waals surface area contributed by atoms with E-state index in [0.29, 0.717) is 12.5 Å². The van der Waals surface area contributed by atoms with E-state index in [9.17, 15) is 0 Å². The molecule has 6 rings (SSSR count). The highest BCUT2D eigenvalue weighted by atomic mass is 15.6. The van der Waals surface area contributed by atoms with E-state index in [1.165, 1.54) is 11.1 Å². The van der Waals surface area contributed by atoms with Crippen LogP contribution in [0.25, 0.3) is 0 Å². The molecule has 190 valence electrons. The predicted molar refractivity (Wildman–Crippen MR) is 160 cm³/mol. The van der Waals surface area contributed by atoms with Crippen molar-refractivity contribution < 1.29 is 4.70 Å². The molecule has 0 aliphatic carbocycles. The molecule has 0 N–H and O–H groups in total. The van der Waals surface area contributed by atoms with Crippen molar-refractivity contribution in [2.75, 3.05) is 16.6 Å². The summed E-state index contributed by atoms with van der Waals surface area (Å²) < 4.78 is 1.99. The van der Waals surface area contributed by atoms with Gasteiger partial charge in [0.1, 0.15) is 0 Å². The van der Waals surface area contributed by atoms with Gasteiger partial charge >= 0.3 is 0 Å². The maximum atomic E-state index is 4.94. The van der Waals surface area contributed by atoms with Gasteiger partial charge in [-0.15, -0.1) is 5.10 Å². The van der Waals surface area contributed by atoms with Crippen LogP contribution >= 0.6 is 0 Å². The summed E-state index contributed by atoms with van der Waals surface area (Å²) in [6, 6.07) is 46.2. The molecule has 1 aliphatic rings. The van der Waals surface area contributed by atoms with Crippen LogP contribution in [0.1, 0.15) is 16.7 Å². The third-order valence-electron chi connectivity index (χ3n) is 6.78. The van der Waals surface area contributed by atoms with E-state index in [-0.39, 0.29) is 0 Å². The van der Waals surface area contributed by atoms with Gasteiger partial charge in [-0.25, -0.2) is 5.01 Å². The number of amidine groups is 1. The van der Waals surface area contributed by atoms with E-state index >= 15 is 0 Å². The summed E-state index contributed by atoms with van der Waals surface area (Å²) in [5.74, 6) is 0.665. The summed E-state index contributed by atoms with van der Waals surface area (Å²) in [6.45, 7) is 4.76. The van der Waals surface area contributed by atoms with Crippen LogP contribution in [0.15, 0.2) is 144 Å². The van der Waals surface area contributed by atoms with Gasteiger partial charge < -0.3 is 4.90 Å². The lowest BCUT2D eigenvalue weighted by Gasteiger charge is -2.26. The van der Waals surface area contributed by atoms with E-state index in [2.05, 4.69) is 116 Å². The highest BCUT2D eigenvalue weighted by molar-refractivity contribution is 6.00. The third kappa shape index (κ3) is 5.34. The summed E-state index contributed by atoms with van der Waals surface area (Å²) in [5.41, 5.74) is 8.77. The molecule has 0 spiro atoms. The number of benzene rings is 5. The zero-order chi connectivity index (χ0) is 26.6. The molecule has 5 aromatic carbocycles. The Morgan fingerprint density at radius 1 is 0.590 bits per heavy atom. The monoisotopic (exact) mass is 508 g/mol. The lowest BCUT2D eigenvalue weighted by atomic mass is 10.1. The van der Waals surface area contributed by atoms with Gasteiger partial charge in [-0.2, -0.15) is 0 Å². The normalized spacial score (nSPS) is 13.0. The van der Waals surface area contributed by atoms with E-state index in [1.807, 2.05) is 46.1 Å². The number of nitrogens with zero attached hydrogens (tertiary/aromatic N) is 5. The van der Waals surface area contributed by atoms with Crippen molar-refractivity contribution in [2.24, 2.45) is 10.2 Å². The van der Waals surface area contributed by atoms with Gasteiger partial charge in [-0.1, -0.05) is 76.5 Å². The largest absolute Gasteiger partial charge is 0.311 e. The maximum Gasteiger partial charge on any atom is 0.269 e. The van der Waals surface area contributed by atoms with Crippen molar-refractivity contribution in [2.45, 2.75) is 13.8 Å². The second kappa shape index (κ2) is 10.8. The second-order valence-corrected chi connectivity index (χ2v) is 9.69. The molecule has 0 bridgehead atoms. The van der Waals surface area contributed by atoms with Crippen molar-refractivity contribution >= 4 is 34.3 Å². The first-order valence-corrected chi connectivity index (χ1v) is 13.1. The Labute approximate surface area is 229 Å². The molecule has 0 unspecified atom stereocenters. The van der Waals surface area contributed by atoms with Gasteiger partial charge in [-0.3, -0.25) is 0 Å². The standard InChI is InChI=1S/C34H30N5/c1-26-13-19-31(20-14-26)39(32-21-15-27(2)16-22-32)33-23-17-28(18-24-33)34-35-37(29-9-5-3-6-10-29)25-38(36-34)30-11-7-4-8-12-30/h3-24H,25H2,1-2H3/q+1. The number of rotatable bonds is 6. The maximum absolute atomic E-state index is 4.94. The van der Waals surface area contributed by atoms with Crippen LogP contribution in [-0.4, -0.2) is 17.2 Å². The average Bonchev–Trinajstić information content (AvgIpc) is 3.00. The van der Waals surface area contributed by atoms with Gasteiger partial charge in [0.2, 0.25) is 11.5 Å². The van der Waals surface area contributed by atoms with Gasteiger partial charge in [0.15, 0.2) is 0 Å². The van der Waals surface area contributed by atoms with Crippen LogP contribution in [0, 0.1) is 13.8 Å². The molecular formula is C34H30N5+. The zero-order valence-electron chi connectivity index (χ0n) is 22.1. The Kier molecular flexibility index (Phi) is 6.71. The van der Waals surface area contributed by atoms with Gasteiger partial charge in [0, 0.05) is 39.9 Å². The first kappa shape index (κ1) is 24.3. The van der Waals surface area contributed by atoms with Gasteiger partial charge in [0.05, 0.1) is 5.69 Å². The highest BCUT2D eigenvalue weighted by Gasteiger charge is 2.25. The summed E-state index contributed by atoms with van der Waals surface area (Å²) in [7, 11) is 0. The minimum absolute atomic E-state index is 0.532. The smallest absolute Gasteiger partial charge is 0.269 e. The number of azo groups is 2. The molecule has 0 aromatic heterocycles. The lowest BCUT2D eigenvalue weighted by molar-refractivity contribution is -0.508. The first-order chi connectivity index (χ1) is 19.1. The predicted octanol–water partition coefficient (Wildman–Crippen LogP) is 8.71. The molecule has 0 saturated heterocycles. The number of hydrogen-bond acceptors (Lipinski definition) is 4. The Morgan fingerprint density at radius 3 is 1.62 bits per heavy atom. The Bertz CT molecular complexity index is 1560. The minimum Gasteiger partial charge on any atom is -0.311 e. The van der Waals surface area contributed by atoms with Crippen LogP contribution in [0.2, 0.25) is 0 Å². The van der Waals surface area contributed by atoms with Gasteiger partial charge in [-0.05, 0) is 74.5 Å². The minimum atomic E-state index is 0.532. The Morgan fingerprint density at radius 2 is 1.08 bits per heavy atom. The topological polar surface area (TPSA) is 34.2 Å². The van der Waals surface area contributed by atoms with E-state index < -0.39 is 0 Å². The fourth-order valence-corrected chi connectivity index (χ4v) is 4.63. The van der Waals surface area contributed by atoms with E-state index in [0.717, 1.165) is 34.0 Å². The Hall–Kier alpha value is -5.03. The molecular weight excluding hydrogens is 478 g/mol. The quantitative estimate of drug-likeness (QED) is 0.215. The fraction of sp³-hybridized carbons (Fsp3) is 0.0882. The third-order valence-corrected chi connectivity index (χ3v) is 6.78. The lowest BCUT2D eigenvalue weighted by Crippen LogP contribution is -2.31. The molecule has 0 fully saturated rings. The van der Waals surface area contributed by atoms with Crippen molar-refractivity contribution in [3.05, 3.63) is 150 Å². The zero-order valence-corrected chi connectivity index (χ0v) is 22.1. The molecule has 1 heterocycles. The summed E-state index contributed by atoms with van der Waals surface area (Å²) in [5, 5.41) is 11.9. The molecule has 5 nitrogen and oxygen atoms in total. The number of hydrogen-bond donors (Lipinski definition) is 0. The molecule has 1 aliphatic heterocycles. The fourth-order valence-electron chi connectivity index (χ4n) is 4.63. The van der Waals surface area contributed by atoms with Crippen LogP contribution in [0.4, 0.5) is 28.4 Å². The molecule has 5 heteroatoms. The van der Waals surface area contributed by atoms with Crippen LogP contribution in [-0.2, 0) is 0 Å². The second-order valence-electron chi connectivity index (χ2n) is 9.69. The SMILES string of the molecule is Cc1ccc(N(c2ccc(C)cc2)c2ccc(C3=NN(c4ccccc4)C[N+](c4ccccc4)=N3)cc2)cc1. The summed E-state index contributed by atoms with van der Waals surface area (Å²) in [4.78, 5) is 2.27. The first-order valence-electron chi connectivity index (χ1n) is 13.1. The van der Waals surface area contributed by atoms with Crippen LogP contribution in [0.5, 0.6) is 0 Å². The van der Waals surface area contributed by atoms with E-state index in [4.69, 9.17) is 10.2 Å². The molecule has 39 heavy (non-hydrogen) atoms. The molecule has 0 amide bonds.